The highest BCUT2D eigenvalue weighted by Gasteiger charge is 2.69. The van der Waals surface area contributed by atoms with E-state index in [1.54, 1.807) is 43.3 Å². The first-order valence-corrected chi connectivity index (χ1v) is 20.4. The van der Waals surface area contributed by atoms with Crippen LogP contribution >= 0.6 is 0 Å². The first kappa shape index (κ1) is 43.0. The minimum atomic E-state index is -0.932. The number of carbonyl (C=O) groups is 7. The van der Waals surface area contributed by atoms with E-state index in [1.807, 2.05) is 26.8 Å². The van der Waals surface area contributed by atoms with Gasteiger partial charge in [0.25, 0.3) is 0 Å². The van der Waals surface area contributed by atoms with Gasteiger partial charge in [0.2, 0.25) is 23.5 Å². The van der Waals surface area contributed by atoms with Crippen molar-refractivity contribution in [2.24, 2.45) is 34.5 Å². The number of piperidine rings is 1. The molecule has 0 radical (unpaired) electrons. The normalized spacial score (nSPS) is 25.8. The predicted molar refractivity (Wildman–Crippen MR) is 208 cm³/mol. The highest BCUT2D eigenvalue weighted by molar-refractivity contribution is 6.38. The molecule has 54 heavy (non-hydrogen) atoms. The van der Waals surface area contributed by atoms with Crippen molar-refractivity contribution in [3.05, 3.63) is 35.9 Å². The zero-order valence-electron chi connectivity index (χ0n) is 33.9. The lowest BCUT2D eigenvalue weighted by molar-refractivity contribution is -0.145. The molecule has 2 aliphatic heterocycles. The molecule has 4 rings (SSSR count). The van der Waals surface area contributed by atoms with E-state index in [4.69, 9.17) is 0 Å². The number of Topliss-reactive ketones (excluding diaryl/α,β-unsaturated/α-hetero) is 4. The number of rotatable bonds is 11. The van der Waals surface area contributed by atoms with Crippen LogP contribution in [0.3, 0.4) is 0 Å². The highest BCUT2D eigenvalue weighted by Crippen LogP contribution is 2.65. The summed E-state index contributed by atoms with van der Waals surface area (Å²) >= 11 is 0. The summed E-state index contributed by atoms with van der Waals surface area (Å²) in [7, 11) is 3.20. The van der Waals surface area contributed by atoms with Crippen molar-refractivity contribution in [2.45, 2.75) is 143 Å². The fourth-order valence-electron chi connectivity index (χ4n) is 8.90. The number of ketones is 4. The molecule has 10 nitrogen and oxygen atoms in total. The topological polar surface area (TPSA) is 138 Å². The highest BCUT2D eigenvalue weighted by atomic mass is 16.2. The standard InChI is InChI=1S/C44H65N3O7/c1-43(2,3)27-32(48)25-31-22-16-13-11-9-8-10-12-15-21-30(26-35(50)39-37-33(44(37,4)5)28-47(39)41(31)53)40(52)34(49)23-24-36(51)45-38(42(54)46(6)7)29-19-17-14-18-20-29/h14,17-20,30-31,33,37-39H,8-13,15-16,21-28H2,1-7H3,(H,45,51)/t30-,31-,33+,37+,38+,39-/m1/s1. The van der Waals surface area contributed by atoms with Gasteiger partial charge in [-0.3, -0.25) is 33.6 Å². The monoisotopic (exact) mass is 747 g/mol. The van der Waals surface area contributed by atoms with Crippen LogP contribution in [0.5, 0.6) is 0 Å². The Morgan fingerprint density at radius 2 is 1.46 bits per heavy atom. The average Bonchev–Trinajstić information content (AvgIpc) is 3.41. The Hall–Kier alpha value is -3.69. The number of hydrogen-bond donors (Lipinski definition) is 1. The number of hydrogen-bond acceptors (Lipinski definition) is 7. The Labute approximate surface area is 322 Å². The van der Waals surface area contributed by atoms with Gasteiger partial charge in [-0.25, -0.2) is 0 Å². The molecule has 6 atom stereocenters. The van der Waals surface area contributed by atoms with Crippen molar-refractivity contribution in [3.63, 3.8) is 0 Å². The molecule has 1 aromatic rings. The quantitative estimate of drug-likeness (QED) is 0.245. The molecule has 3 fully saturated rings. The number of fused-ring (bicyclic) bond motifs is 3. The van der Waals surface area contributed by atoms with Crippen molar-refractivity contribution in [1.29, 1.82) is 0 Å². The molecule has 3 aliphatic rings. The molecule has 2 saturated heterocycles. The van der Waals surface area contributed by atoms with Crippen molar-refractivity contribution in [2.75, 3.05) is 20.6 Å². The summed E-state index contributed by atoms with van der Waals surface area (Å²) in [5, 5.41) is 2.73. The predicted octanol–water partition coefficient (Wildman–Crippen LogP) is 6.84. The third-order valence-electron chi connectivity index (χ3n) is 12.0. The number of benzene rings is 1. The summed E-state index contributed by atoms with van der Waals surface area (Å²) in [5.74, 6) is -3.63. The molecule has 1 N–H and O–H groups in total. The molecular formula is C44H65N3O7. The third kappa shape index (κ3) is 11.4. The van der Waals surface area contributed by atoms with Gasteiger partial charge in [-0.05, 0) is 41.1 Å². The van der Waals surface area contributed by atoms with E-state index in [1.165, 1.54) is 4.90 Å². The van der Waals surface area contributed by atoms with Crippen LogP contribution in [0.4, 0.5) is 0 Å². The van der Waals surface area contributed by atoms with Crippen LogP contribution in [-0.2, 0) is 33.6 Å². The van der Waals surface area contributed by atoms with E-state index < -0.39 is 41.4 Å². The van der Waals surface area contributed by atoms with Gasteiger partial charge in [-0.1, -0.05) is 116 Å². The van der Waals surface area contributed by atoms with Gasteiger partial charge in [-0.2, -0.15) is 0 Å². The Bertz CT molecular complexity index is 1530. The molecule has 0 spiro atoms. The molecule has 0 bridgehead atoms. The Kier molecular flexibility index (Phi) is 15.0. The van der Waals surface area contributed by atoms with Crippen LogP contribution in [0.15, 0.2) is 30.3 Å². The van der Waals surface area contributed by atoms with Crippen LogP contribution in [-0.4, -0.2) is 77.3 Å². The maximum atomic E-state index is 14.4. The van der Waals surface area contributed by atoms with Gasteiger partial charge in [-0.15, -0.1) is 0 Å². The van der Waals surface area contributed by atoms with Gasteiger partial charge >= 0.3 is 0 Å². The number of likely N-dealkylation sites (N-methyl/N-ethyl adjacent to an activating group) is 1. The van der Waals surface area contributed by atoms with E-state index in [0.717, 1.165) is 44.9 Å². The summed E-state index contributed by atoms with van der Waals surface area (Å²) < 4.78 is 0. The fourth-order valence-corrected chi connectivity index (χ4v) is 8.90. The van der Waals surface area contributed by atoms with E-state index in [-0.39, 0.29) is 71.7 Å². The van der Waals surface area contributed by atoms with Crippen LogP contribution < -0.4 is 5.32 Å². The van der Waals surface area contributed by atoms with Gasteiger partial charge in [0.15, 0.2) is 11.6 Å². The SMILES string of the molecule is CN(C)C(=O)[C@@H](NC(=O)CCC(=O)C(=O)[C@@H]1CCCCCCCCCC[C@H](CC(=O)CC(C)(C)C)C(=O)N2C[C@H]3[C@@H]([C@H]2C(=O)C1)C3(C)C)c1ccccc1. The fraction of sp³-hybridized carbons (Fsp3) is 0.705. The molecule has 10 heteroatoms. The van der Waals surface area contributed by atoms with Crippen molar-refractivity contribution in [1.82, 2.24) is 15.1 Å². The maximum Gasteiger partial charge on any atom is 0.249 e. The average molecular weight is 748 g/mol. The second-order valence-electron chi connectivity index (χ2n) is 18.3. The smallest absolute Gasteiger partial charge is 0.249 e. The second kappa shape index (κ2) is 18.8. The summed E-state index contributed by atoms with van der Waals surface area (Å²) in [5.41, 5.74) is 0.296. The van der Waals surface area contributed by atoms with E-state index >= 15 is 0 Å². The minimum absolute atomic E-state index is 0.0282. The molecule has 298 valence electrons. The zero-order chi connectivity index (χ0) is 39.8. The maximum absolute atomic E-state index is 14.4. The Balaban J connectivity index is 1.50. The molecule has 2 heterocycles. The van der Waals surface area contributed by atoms with Crippen molar-refractivity contribution in [3.8, 4) is 0 Å². The number of carbonyl (C=O) groups excluding carboxylic acids is 7. The largest absolute Gasteiger partial charge is 0.347 e. The lowest BCUT2D eigenvalue weighted by Gasteiger charge is -2.33. The van der Waals surface area contributed by atoms with E-state index in [0.29, 0.717) is 37.8 Å². The first-order valence-electron chi connectivity index (χ1n) is 20.4. The summed E-state index contributed by atoms with van der Waals surface area (Å²) in [6, 6.07) is 7.23. The van der Waals surface area contributed by atoms with Crippen LogP contribution in [0.1, 0.15) is 143 Å². The molecule has 3 amide bonds. The van der Waals surface area contributed by atoms with E-state index in [2.05, 4.69) is 19.2 Å². The van der Waals surface area contributed by atoms with Gasteiger partial charge < -0.3 is 15.1 Å². The van der Waals surface area contributed by atoms with Gasteiger partial charge in [0, 0.05) is 64.6 Å². The van der Waals surface area contributed by atoms with Gasteiger partial charge in [0.05, 0.1) is 6.04 Å². The van der Waals surface area contributed by atoms with Crippen molar-refractivity contribution < 1.29 is 33.6 Å². The van der Waals surface area contributed by atoms with Crippen molar-refractivity contribution >= 4 is 40.9 Å². The number of nitrogens with zero attached hydrogens (tertiary/aromatic N) is 2. The second-order valence-corrected chi connectivity index (χ2v) is 18.3. The van der Waals surface area contributed by atoms with Crippen LogP contribution in [0.2, 0.25) is 0 Å². The lowest BCUT2D eigenvalue weighted by Crippen LogP contribution is -2.48. The summed E-state index contributed by atoms with van der Waals surface area (Å²) in [4.78, 5) is 98.3. The summed E-state index contributed by atoms with van der Waals surface area (Å²) in [6.07, 6.45) is 8.44. The van der Waals surface area contributed by atoms with Gasteiger partial charge in [0.1, 0.15) is 11.8 Å². The molecule has 1 aromatic carbocycles. The zero-order valence-corrected chi connectivity index (χ0v) is 33.9. The molecule has 0 aromatic heterocycles. The van der Waals surface area contributed by atoms with Crippen LogP contribution in [0, 0.1) is 34.5 Å². The summed E-state index contributed by atoms with van der Waals surface area (Å²) in [6.45, 7) is 10.8. The third-order valence-corrected chi connectivity index (χ3v) is 12.0. The molecule has 1 saturated carbocycles. The molecule has 0 unspecified atom stereocenters. The Morgan fingerprint density at radius 1 is 0.870 bits per heavy atom. The molecular weight excluding hydrogens is 682 g/mol. The number of nitrogens with one attached hydrogen (secondary N) is 1. The Morgan fingerprint density at radius 3 is 2.06 bits per heavy atom. The number of amides is 3. The van der Waals surface area contributed by atoms with E-state index in [9.17, 15) is 33.6 Å². The molecule has 1 aliphatic carbocycles. The first-order chi connectivity index (χ1) is 25.4. The minimum Gasteiger partial charge on any atom is -0.347 e. The van der Waals surface area contributed by atoms with Crippen LogP contribution in [0.25, 0.3) is 0 Å². The lowest BCUT2D eigenvalue weighted by atomic mass is 9.84.